The Hall–Kier alpha value is -1.82. The first-order chi connectivity index (χ1) is 8.04. The van der Waals surface area contributed by atoms with E-state index in [1.54, 1.807) is 24.3 Å². The number of nitrogens with one attached hydrogen (secondary N) is 1. The quantitative estimate of drug-likeness (QED) is 0.815. The lowest BCUT2D eigenvalue weighted by Crippen LogP contribution is -2.42. The van der Waals surface area contributed by atoms with Gasteiger partial charge in [-0.1, -0.05) is 18.2 Å². The lowest BCUT2D eigenvalue weighted by atomic mass is 10.2. The van der Waals surface area contributed by atoms with Gasteiger partial charge >= 0.3 is 0 Å². The van der Waals surface area contributed by atoms with Crippen LogP contribution < -0.4 is 9.62 Å². The lowest BCUT2D eigenvalue weighted by Gasteiger charge is -2.29. The van der Waals surface area contributed by atoms with Crippen LogP contribution in [0.25, 0.3) is 0 Å². The molecule has 0 unspecified atom stereocenters. The number of anilines is 2. The number of hydrogen-bond donors (Lipinski definition) is 1. The average Bonchev–Trinajstić information content (AvgIpc) is 2.27. The molecule has 1 aromatic carbocycles. The predicted molar refractivity (Wildman–Crippen MR) is 66.4 cm³/mol. The highest BCUT2D eigenvalue weighted by Gasteiger charge is 2.29. The van der Waals surface area contributed by atoms with Crippen LogP contribution in [0.1, 0.15) is 0 Å². The molecule has 1 aliphatic rings. The molecule has 0 radical (unpaired) electrons. The topological polar surface area (TPSA) is 66.5 Å². The minimum Gasteiger partial charge on any atom is -0.323 e. The maximum absolute atomic E-state index is 12.0. The van der Waals surface area contributed by atoms with Gasteiger partial charge in [-0.2, -0.15) is 0 Å². The van der Waals surface area contributed by atoms with Crippen LogP contribution in [0.15, 0.2) is 36.9 Å². The molecule has 1 heterocycles. The van der Waals surface area contributed by atoms with Crippen molar-refractivity contribution in [3.8, 4) is 0 Å². The van der Waals surface area contributed by atoms with Gasteiger partial charge in [0.2, 0.25) is 15.9 Å². The van der Waals surface area contributed by atoms with E-state index in [2.05, 4.69) is 11.9 Å². The van der Waals surface area contributed by atoms with Gasteiger partial charge in [-0.05, 0) is 12.1 Å². The number of fused-ring (bicyclic) bond motifs is 1. The Morgan fingerprint density at radius 2 is 2.12 bits per heavy atom. The Bertz CT molecular complexity index is 566. The van der Waals surface area contributed by atoms with Crippen LogP contribution in [0, 0.1) is 0 Å². The predicted octanol–water partition coefficient (Wildman–Crippen LogP) is 0.961. The molecule has 0 saturated heterocycles. The number of para-hydroxylation sites is 2. The van der Waals surface area contributed by atoms with Gasteiger partial charge in [-0.15, -0.1) is 6.58 Å². The van der Waals surface area contributed by atoms with E-state index in [0.29, 0.717) is 11.4 Å². The first kappa shape index (κ1) is 11.7. The molecule has 0 spiro atoms. The first-order valence-corrected chi connectivity index (χ1v) is 6.66. The summed E-state index contributed by atoms with van der Waals surface area (Å²) in [6, 6.07) is 6.80. The number of carbonyl (C=O) groups is 1. The molecule has 0 atom stereocenters. The number of rotatable bonds is 3. The largest absolute Gasteiger partial charge is 0.323 e. The molecule has 90 valence electrons. The maximum Gasteiger partial charge on any atom is 0.245 e. The summed E-state index contributed by atoms with van der Waals surface area (Å²) in [5.74, 6) is -0.523. The van der Waals surface area contributed by atoms with Crippen molar-refractivity contribution in [1.29, 1.82) is 0 Å². The van der Waals surface area contributed by atoms with Crippen molar-refractivity contribution < 1.29 is 13.2 Å². The molecule has 0 bridgehead atoms. The fraction of sp³-hybridized carbons (Fsp3) is 0.182. The molecule has 5 nitrogen and oxygen atoms in total. The van der Waals surface area contributed by atoms with Gasteiger partial charge in [0, 0.05) is 0 Å². The van der Waals surface area contributed by atoms with Crippen molar-refractivity contribution >= 4 is 27.3 Å². The number of carbonyl (C=O) groups excluding carboxylic acids is 1. The zero-order chi connectivity index (χ0) is 12.5. The molecule has 0 aliphatic carbocycles. The second kappa shape index (κ2) is 4.21. The summed E-state index contributed by atoms with van der Waals surface area (Å²) in [5.41, 5.74) is 1.00. The monoisotopic (exact) mass is 252 g/mol. The minimum atomic E-state index is -3.53. The van der Waals surface area contributed by atoms with Crippen LogP contribution in [0.5, 0.6) is 0 Å². The van der Waals surface area contributed by atoms with E-state index >= 15 is 0 Å². The third-order valence-electron chi connectivity index (χ3n) is 2.40. The summed E-state index contributed by atoms with van der Waals surface area (Å²) in [4.78, 5) is 11.4. The Morgan fingerprint density at radius 1 is 1.41 bits per heavy atom. The van der Waals surface area contributed by atoms with Gasteiger partial charge in [0.15, 0.2) is 0 Å². The van der Waals surface area contributed by atoms with Crippen LogP contribution in [-0.4, -0.2) is 26.6 Å². The molecule has 0 aromatic heterocycles. The van der Waals surface area contributed by atoms with Crippen molar-refractivity contribution in [2.75, 3.05) is 21.9 Å². The molecular formula is C11H12N2O3S. The van der Waals surface area contributed by atoms with E-state index in [-0.39, 0.29) is 18.2 Å². The molecule has 1 N–H and O–H groups in total. The summed E-state index contributed by atoms with van der Waals surface area (Å²) in [7, 11) is -3.53. The summed E-state index contributed by atoms with van der Waals surface area (Å²) in [5, 5.41) is 2.63. The average molecular weight is 252 g/mol. The number of amides is 1. The third-order valence-corrected chi connectivity index (χ3v) is 4.05. The van der Waals surface area contributed by atoms with E-state index in [4.69, 9.17) is 0 Å². The third kappa shape index (κ3) is 2.16. The van der Waals surface area contributed by atoms with E-state index in [1.165, 1.54) is 6.08 Å². The maximum atomic E-state index is 12.0. The zero-order valence-corrected chi connectivity index (χ0v) is 9.90. The minimum absolute atomic E-state index is 0.186. The second-order valence-corrected chi connectivity index (χ2v) is 5.58. The Labute approximate surface area is 99.8 Å². The van der Waals surface area contributed by atoms with Crippen molar-refractivity contribution in [2.45, 2.75) is 0 Å². The van der Waals surface area contributed by atoms with Gasteiger partial charge in [-0.25, -0.2) is 8.42 Å². The number of hydrogen-bond acceptors (Lipinski definition) is 3. The summed E-state index contributed by atoms with van der Waals surface area (Å²) in [6.07, 6.45) is 1.31. The molecular weight excluding hydrogens is 240 g/mol. The van der Waals surface area contributed by atoms with Gasteiger partial charge in [-0.3, -0.25) is 9.10 Å². The highest BCUT2D eigenvalue weighted by atomic mass is 32.2. The first-order valence-electron chi connectivity index (χ1n) is 5.05. The summed E-state index contributed by atoms with van der Waals surface area (Å²) in [6.45, 7) is 3.22. The molecule has 17 heavy (non-hydrogen) atoms. The van der Waals surface area contributed by atoms with Crippen LogP contribution in [0.3, 0.4) is 0 Å². The van der Waals surface area contributed by atoms with Gasteiger partial charge in [0.25, 0.3) is 0 Å². The molecule has 1 amide bonds. The van der Waals surface area contributed by atoms with Crippen LogP contribution in [0.2, 0.25) is 0 Å². The fourth-order valence-electron chi connectivity index (χ4n) is 1.69. The van der Waals surface area contributed by atoms with E-state index in [9.17, 15) is 13.2 Å². The number of nitrogens with zero attached hydrogens (tertiary/aromatic N) is 1. The fourth-order valence-corrected chi connectivity index (χ4v) is 2.94. The van der Waals surface area contributed by atoms with E-state index in [0.717, 1.165) is 4.31 Å². The smallest absolute Gasteiger partial charge is 0.245 e. The summed E-state index contributed by atoms with van der Waals surface area (Å²) >= 11 is 0. The highest BCUT2D eigenvalue weighted by molar-refractivity contribution is 7.93. The normalized spacial score (nSPS) is 15.1. The standard InChI is InChI=1S/C11H12N2O3S/c1-2-7-17(15,16)13-8-11(14)12-9-5-3-4-6-10(9)13/h2-6H,1,7-8H2,(H,12,14). The molecule has 1 aliphatic heterocycles. The van der Waals surface area contributed by atoms with Crippen LogP contribution >= 0.6 is 0 Å². The van der Waals surface area contributed by atoms with E-state index in [1.807, 2.05) is 0 Å². The van der Waals surface area contributed by atoms with Crippen LogP contribution in [0.4, 0.5) is 11.4 Å². The van der Waals surface area contributed by atoms with Crippen molar-refractivity contribution in [2.24, 2.45) is 0 Å². The highest BCUT2D eigenvalue weighted by Crippen LogP contribution is 2.30. The Kier molecular flexibility index (Phi) is 2.89. The second-order valence-electron chi connectivity index (χ2n) is 3.64. The van der Waals surface area contributed by atoms with Gasteiger partial charge in [0.1, 0.15) is 6.54 Å². The number of sulfonamides is 1. The van der Waals surface area contributed by atoms with Crippen molar-refractivity contribution in [3.63, 3.8) is 0 Å². The Balaban J connectivity index is 2.50. The van der Waals surface area contributed by atoms with E-state index < -0.39 is 10.0 Å². The molecule has 2 rings (SSSR count). The van der Waals surface area contributed by atoms with Gasteiger partial charge < -0.3 is 5.32 Å². The number of benzene rings is 1. The molecule has 1 aromatic rings. The lowest BCUT2D eigenvalue weighted by molar-refractivity contribution is -0.115. The molecule has 0 fully saturated rings. The van der Waals surface area contributed by atoms with Crippen molar-refractivity contribution in [1.82, 2.24) is 0 Å². The SMILES string of the molecule is C=CCS(=O)(=O)N1CC(=O)Nc2ccccc21. The zero-order valence-electron chi connectivity index (χ0n) is 9.09. The molecule has 6 heteroatoms. The summed E-state index contributed by atoms with van der Waals surface area (Å²) < 4.78 is 25.1. The molecule has 0 saturated carbocycles. The Morgan fingerprint density at radius 3 is 2.82 bits per heavy atom. The van der Waals surface area contributed by atoms with Crippen LogP contribution in [-0.2, 0) is 14.8 Å². The van der Waals surface area contributed by atoms with Crippen molar-refractivity contribution in [3.05, 3.63) is 36.9 Å². The van der Waals surface area contributed by atoms with Gasteiger partial charge in [0.05, 0.1) is 17.1 Å².